The number of piperidine rings is 1. The van der Waals surface area contributed by atoms with Gasteiger partial charge in [0.05, 0.1) is 30.1 Å². The minimum atomic E-state index is -0.503. The molecule has 7 nitrogen and oxygen atoms in total. The topological polar surface area (TPSA) is 80.4 Å². The summed E-state index contributed by atoms with van der Waals surface area (Å²) in [6.45, 7) is 6.82. The molecule has 1 aliphatic heterocycles. The number of carbonyl (C=O) groups is 1. The second-order valence-electron chi connectivity index (χ2n) is 8.06. The van der Waals surface area contributed by atoms with Gasteiger partial charge in [0.15, 0.2) is 5.75 Å². The predicted molar refractivity (Wildman–Crippen MR) is 104 cm³/mol. The van der Waals surface area contributed by atoms with Gasteiger partial charge in [-0.15, -0.1) is 0 Å². The summed E-state index contributed by atoms with van der Waals surface area (Å²) in [4.78, 5) is 13.9. The van der Waals surface area contributed by atoms with Crippen LogP contribution in [0.1, 0.15) is 50.8 Å². The third-order valence-corrected chi connectivity index (χ3v) is 4.64. The van der Waals surface area contributed by atoms with Crippen LogP contribution in [0.3, 0.4) is 0 Å². The van der Waals surface area contributed by atoms with E-state index in [1.54, 1.807) is 29.4 Å². The molecule has 1 fully saturated rings. The summed E-state index contributed by atoms with van der Waals surface area (Å²) in [6.07, 6.45) is 4.64. The number of halogens is 1. The van der Waals surface area contributed by atoms with Gasteiger partial charge in [-0.1, -0.05) is 6.07 Å². The highest BCUT2D eigenvalue weighted by Crippen LogP contribution is 2.25. The summed E-state index contributed by atoms with van der Waals surface area (Å²) in [5.74, 6) is 0.0780. The standard InChI is InChI=1S/C21H25FN4O3/c1-21(2,3)29-20(27)25-8-6-17(7-9-25)26-13-18(12-24-26)28-14-16-5-4-15(11-23)10-19(16)22/h4-5,10,12-13,17H,6-9,14H2,1-3H3. The van der Waals surface area contributed by atoms with Gasteiger partial charge in [-0.05, 0) is 45.7 Å². The summed E-state index contributed by atoms with van der Waals surface area (Å²) in [5.41, 5.74) is 0.149. The molecule has 1 amide bonds. The van der Waals surface area contributed by atoms with Crippen LogP contribution in [0.4, 0.5) is 9.18 Å². The molecule has 1 aliphatic rings. The number of ether oxygens (including phenoxy) is 2. The Bertz CT molecular complexity index is 905. The van der Waals surface area contributed by atoms with Crippen molar-refractivity contribution < 1.29 is 18.7 Å². The Labute approximate surface area is 169 Å². The first-order chi connectivity index (χ1) is 13.7. The average molecular weight is 400 g/mol. The lowest BCUT2D eigenvalue weighted by atomic mass is 10.1. The van der Waals surface area contributed by atoms with Gasteiger partial charge in [0.1, 0.15) is 18.0 Å². The molecular weight excluding hydrogens is 375 g/mol. The molecule has 0 aliphatic carbocycles. The maximum atomic E-state index is 13.9. The molecule has 154 valence electrons. The maximum absolute atomic E-state index is 13.9. The zero-order valence-corrected chi connectivity index (χ0v) is 16.9. The van der Waals surface area contributed by atoms with Crippen LogP contribution < -0.4 is 4.74 Å². The van der Waals surface area contributed by atoms with Gasteiger partial charge in [0, 0.05) is 18.7 Å². The molecule has 0 atom stereocenters. The molecule has 0 spiro atoms. The van der Waals surface area contributed by atoms with Crippen molar-refractivity contribution >= 4 is 6.09 Å². The smallest absolute Gasteiger partial charge is 0.410 e. The lowest BCUT2D eigenvalue weighted by molar-refractivity contribution is 0.0184. The molecule has 1 saturated heterocycles. The van der Waals surface area contributed by atoms with Crippen molar-refractivity contribution in [2.45, 2.75) is 51.9 Å². The van der Waals surface area contributed by atoms with Gasteiger partial charge in [0.25, 0.3) is 0 Å². The molecule has 29 heavy (non-hydrogen) atoms. The van der Waals surface area contributed by atoms with E-state index in [0.717, 1.165) is 12.8 Å². The van der Waals surface area contributed by atoms with Gasteiger partial charge in [-0.25, -0.2) is 9.18 Å². The molecule has 0 saturated carbocycles. The molecule has 0 radical (unpaired) electrons. The van der Waals surface area contributed by atoms with E-state index >= 15 is 0 Å². The minimum absolute atomic E-state index is 0.0559. The Morgan fingerprint density at radius 2 is 2.07 bits per heavy atom. The third kappa shape index (κ3) is 5.47. The molecule has 8 heteroatoms. The quantitative estimate of drug-likeness (QED) is 0.774. The van der Waals surface area contributed by atoms with Crippen LogP contribution in [-0.2, 0) is 11.3 Å². The number of amides is 1. The zero-order chi connectivity index (χ0) is 21.0. The van der Waals surface area contributed by atoms with E-state index in [0.29, 0.717) is 24.4 Å². The van der Waals surface area contributed by atoms with E-state index in [1.807, 2.05) is 31.5 Å². The Morgan fingerprint density at radius 1 is 1.34 bits per heavy atom. The molecule has 3 rings (SSSR count). The summed E-state index contributed by atoms with van der Waals surface area (Å²) in [7, 11) is 0. The third-order valence-electron chi connectivity index (χ3n) is 4.64. The summed E-state index contributed by atoms with van der Waals surface area (Å²) < 4.78 is 26.8. The van der Waals surface area contributed by atoms with E-state index in [-0.39, 0.29) is 24.3 Å². The molecule has 1 aromatic heterocycles. The monoisotopic (exact) mass is 400 g/mol. The summed E-state index contributed by atoms with van der Waals surface area (Å²) >= 11 is 0. The average Bonchev–Trinajstić information content (AvgIpc) is 3.15. The number of hydrogen-bond acceptors (Lipinski definition) is 5. The highest BCUT2D eigenvalue weighted by atomic mass is 19.1. The molecule has 0 N–H and O–H groups in total. The number of hydrogen-bond donors (Lipinski definition) is 0. The Kier molecular flexibility index (Phi) is 6.06. The van der Waals surface area contributed by atoms with Crippen molar-refractivity contribution in [3.8, 4) is 11.8 Å². The van der Waals surface area contributed by atoms with E-state index in [9.17, 15) is 9.18 Å². The number of carbonyl (C=O) groups excluding carboxylic acids is 1. The van der Waals surface area contributed by atoms with Crippen LogP contribution in [0, 0.1) is 17.1 Å². The Morgan fingerprint density at radius 3 is 2.69 bits per heavy atom. The van der Waals surface area contributed by atoms with Crippen LogP contribution in [-0.4, -0.2) is 39.5 Å². The van der Waals surface area contributed by atoms with Crippen LogP contribution >= 0.6 is 0 Å². The first kappa shape index (κ1) is 20.6. The fourth-order valence-corrected chi connectivity index (χ4v) is 3.13. The van der Waals surface area contributed by atoms with Crippen molar-refractivity contribution in [2.24, 2.45) is 0 Å². The second-order valence-corrected chi connectivity index (χ2v) is 8.06. The number of nitriles is 1. The fraction of sp³-hybridized carbons (Fsp3) is 0.476. The highest BCUT2D eigenvalue weighted by molar-refractivity contribution is 5.68. The van der Waals surface area contributed by atoms with Gasteiger partial charge in [-0.2, -0.15) is 10.4 Å². The normalized spacial score (nSPS) is 15.1. The summed E-state index contributed by atoms with van der Waals surface area (Å²) in [5, 5.41) is 13.1. The number of rotatable bonds is 4. The minimum Gasteiger partial charge on any atom is -0.486 e. The highest BCUT2D eigenvalue weighted by Gasteiger charge is 2.27. The van der Waals surface area contributed by atoms with E-state index in [4.69, 9.17) is 14.7 Å². The number of benzene rings is 1. The summed E-state index contributed by atoms with van der Waals surface area (Å²) in [6, 6.07) is 6.37. The van der Waals surface area contributed by atoms with Gasteiger partial charge in [0.2, 0.25) is 0 Å². The van der Waals surface area contributed by atoms with Gasteiger partial charge in [-0.3, -0.25) is 4.68 Å². The van der Waals surface area contributed by atoms with Gasteiger partial charge >= 0.3 is 6.09 Å². The fourth-order valence-electron chi connectivity index (χ4n) is 3.13. The lowest BCUT2D eigenvalue weighted by Crippen LogP contribution is -2.42. The van der Waals surface area contributed by atoms with Crippen molar-refractivity contribution in [1.82, 2.24) is 14.7 Å². The van der Waals surface area contributed by atoms with E-state index < -0.39 is 11.4 Å². The van der Waals surface area contributed by atoms with Crippen molar-refractivity contribution in [3.05, 3.63) is 47.5 Å². The van der Waals surface area contributed by atoms with Crippen molar-refractivity contribution in [2.75, 3.05) is 13.1 Å². The van der Waals surface area contributed by atoms with Crippen molar-refractivity contribution in [3.63, 3.8) is 0 Å². The number of nitrogens with zero attached hydrogens (tertiary/aromatic N) is 4. The Hall–Kier alpha value is -3.08. The van der Waals surface area contributed by atoms with Crippen LogP contribution in [0.25, 0.3) is 0 Å². The number of likely N-dealkylation sites (tertiary alicyclic amines) is 1. The first-order valence-electron chi connectivity index (χ1n) is 9.58. The molecule has 1 aromatic carbocycles. The largest absolute Gasteiger partial charge is 0.486 e. The molecule has 2 aromatic rings. The van der Waals surface area contributed by atoms with Gasteiger partial charge < -0.3 is 14.4 Å². The molecule has 2 heterocycles. The Balaban J connectivity index is 1.52. The maximum Gasteiger partial charge on any atom is 0.410 e. The number of aromatic nitrogens is 2. The molecular formula is C21H25FN4O3. The molecule has 0 bridgehead atoms. The second kappa shape index (κ2) is 8.52. The first-order valence-corrected chi connectivity index (χ1v) is 9.58. The zero-order valence-electron chi connectivity index (χ0n) is 16.9. The molecule has 0 unspecified atom stereocenters. The van der Waals surface area contributed by atoms with Crippen LogP contribution in [0.2, 0.25) is 0 Å². The van der Waals surface area contributed by atoms with Crippen molar-refractivity contribution in [1.29, 1.82) is 5.26 Å². The van der Waals surface area contributed by atoms with Crippen LogP contribution in [0.5, 0.6) is 5.75 Å². The SMILES string of the molecule is CC(C)(C)OC(=O)N1CCC(n2cc(OCc3ccc(C#N)cc3F)cn2)CC1. The lowest BCUT2D eigenvalue weighted by Gasteiger charge is -2.33. The van der Waals surface area contributed by atoms with Crippen LogP contribution in [0.15, 0.2) is 30.6 Å². The van der Waals surface area contributed by atoms with E-state index in [2.05, 4.69) is 5.10 Å². The van der Waals surface area contributed by atoms with E-state index in [1.165, 1.54) is 6.07 Å². The predicted octanol–water partition coefficient (Wildman–Crippen LogP) is 4.04.